The van der Waals surface area contributed by atoms with Crippen LogP contribution in [-0.4, -0.2) is 0 Å². The summed E-state index contributed by atoms with van der Waals surface area (Å²) in [5, 5.41) is 0. The van der Waals surface area contributed by atoms with Gasteiger partial charge < -0.3 is 0 Å². The molecule has 0 N–H and O–H groups in total. The van der Waals surface area contributed by atoms with Gasteiger partial charge in [-0.05, 0) is 58.0 Å². The first-order valence-electron chi connectivity index (χ1n) is 6.52. The Morgan fingerprint density at radius 3 is 2.53 bits per heavy atom. The molecule has 0 fully saturated rings. The van der Waals surface area contributed by atoms with Gasteiger partial charge >= 0.3 is 0 Å². The molecule has 0 saturated heterocycles. The Morgan fingerprint density at radius 2 is 1.63 bits per heavy atom. The van der Waals surface area contributed by atoms with E-state index < -0.39 is 0 Å². The number of hydrogen-bond acceptors (Lipinski definition) is 0. The molecule has 0 aliphatic heterocycles. The minimum absolute atomic E-state index is 1.02. The Labute approximate surface area is 113 Å². The van der Waals surface area contributed by atoms with Crippen molar-refractivity contribution in [1.82, 2.24) is 0 Å². The van der Waals surface area contributed by atoms with Gasteiger partial charge in [0.1, 0.15) is 0 Å². The van der Waals surface area contributed by atoms with Crippen LogP contribution in [0.3, 0.4) is 0 Å². The average Bonchev–Trinajstić information content (AvgIpc) is 2.87. The zero-order chi connectivity index (χ0) is 12.7. The molecular formula is C19H12. The first kappa shape index (κ1) is 10.6. The average molecular weight is 240 g/mol. The van der Waals surface area contributed by atoms with E-state index >= 15 is 0 Å². The van der Waals surface area contributed by atoms with Crippen LogP contribution in [0.5, 0.6) is 0 Å². The van der Waals surface area contributed by atoms with Crippen molar-refractivity contribution in [2.24, 2.45) is 0 Å². The lowest BCUT2D eigenvalue weighted by Crippen LogP contribution is -1.87. The molecule has 3 aromatic rings. The van der Waals surface area contributed by atoms with Crippen LogP contribution in [0.15, 0.2) is 60.7 Å². The first-order chi connectivity index (χ1) is 9.43. The van der Waals surface area contributed by atoms with E-state index in [4.69, 9.17) is 0 Å². The normalized spacial score (nSPS) is 12.0. The van der Waals surface area contributed by atoms with E-state index in [1.54, 1.807) is 0 Å². The summed E-state index contributed by atoms with van der Waals surface area (Å²) in [5.74, 6) is 0. The largest absolute Gasteiger partial charge is 0.0619 e. The lowest BCUT2D eigenvalue weighted by Gasteiger charge is -2.08. The molecule has 0 heterocycles. The third-order valence-electron chi connectivity index (χ3n) is 3.79. The molecule has 0 nitrogen and oxygen atoms in total. The predicted octanol–water partition coefficient (Wildman–Crippen LogP) is 4.53. The third-order valence-corrected chi connectivity index (χ3v) is 3.79. The summed E-state index contributed by atoms with van der Waals surface area (Å²) >= 11 is 0. The highest BCUT2D eigenvalue weighted by Crippen LogP contribution is 2.41. The zero-order valence-corrected chi connectivity index (χ0v) is 10.5. The lowest BCUT2D eigenvalue weighted by atomic mass is 9.96. The van der Waals surface area contributed by atoms with Gasteiger partial charge in [0.05, 0.1) is 0 Å². The maximum atomic E-state index is 3.31. The van der Waals surface area contributed by atoms with Crippen LogP contribution in [-0.2, 0) is 6.42 Å². The Bertz CT molecular complexity index is 739. The maximum absolute atomic E-state index is 3.31. The van der Waals surface area contributed by atoms with Crippen molar-refractivity contribution in [2.45, 2.75) is 6.42 Å². The second-order valence-electron chi connectivity index (χ2n) is 4.87. The zero-order valence-electron chi connectivity index (χ0n) is 10.5. The van der Waals surface area contributed by atoms with Crippen LogP contribution in [0, 0.1) is 12.1 Å². The van der Waals surface area contributed by atoms with Gasteiger partial charge in [-0.25, -0.2) is 0 Å². The summed E-state index contributed by atoms with van der Waals surface area (Å²) in [6.45, 7) is 0. The fourth-order valence-corrected chi connectivity index (χ4v) is 2.92. The van der Waals surface area contributed by atoms with Crippen molar-refractivity contribution < 1.29 is 0 Å². The van der Waals surface area contributed by atoms with E-state index in [1.165, 1.54) is 27.8 Å². The standard InChI is InChI=1S/C19H12/c1-2-7-14(8-3-1)16-11-6-12-18-17-10-5-4-9-15(17)13-19(16)18/h1-2,4-6,8-12H,13H2. The Kier molecular flexibility index (Phi) is 2.28. The molecule has 2 radical (unpaired) electrons. The van der Waals surface area contributed by atoms with E-state index in [1.807, 2.05) is 18.2 Å². The van der Waals surface area contributed by atoms with Crippen LogP contribution in [0.4, 0.5) is 0 Å². The molecule has 88 valence electrons. The van der Waals surface area contributed by atoms with E-state index in [9.17, 15) is 0 Å². The monoisotopic (exact) mass is 240 g/mol. The molecular weight excluding hydrogens is 228 g/mol. The van der Waals surface area contributed by atoms with Gasteiger partial charge in [0.25, 0.3) is 0 Å². The first-order valence-corrected chi connectivity index (χ1v) is 6.52. The second kappa shape index (κ2) is 4.10. The molecule has 1 aliphatic rings. The molecule has 0 unspecified atom stereocenters. The van der Waals surface area contributed by atoms with Gasteiger partial charge in [-0.15, -0.1) is 0 Å². The molecule has 0 heteroatoms. The van der Waals surface area contributed by atoms with Crippen LogP contribution in [0.25, 0.3) is 22.3 Å². The molecule has 0 amide bonds. The van der Waals surface area contributed by atoms with Crippen molar-refractivity contribution in [3.63, 3.8) is 0 Å². The van der Waals surface area contributed by atoms with E-state index in [0.29, 0.717) is 0 Å². The van der Waals surface area contributed by atoms with Gasteiger partial charge in [0.2, 0.25) is 0 Å². The summed E-state index contributed by atoms with van der Waals surface area (Å²) < 4.78 is 0. The van der Waals surface area contributed by atoms with Crippen LogP contribution >= 0.6 is 0 Å². The summed E-state index contributed by atoms with van der Waals surface area (Å²) in [6, 6.07) is 27.5. The molecule has 0 saturated carbocycles. The fraction of sp³-hybridized carbons (Fsp3) is 0.0526. The van der Waals surface area contributed by atoms with Crippen LogP contribution in [0.1, 0.15) is 11.1 Å². The molecule has 0 atom stereocenters. The van der Waals surface area contributed by atoms with Crippen molar-refractivity contribution in [3.8, 4) is 22.3 Å². The minimum Gasteiger partial charge on any atom is -0.0619 e. The maximum Gasteiger partial charge on any atom is -0.000728 e. The molecule has 1 aliphatic carbocycles. The molecule has 0 bridgehead atoms. The number of rotatable bonds is 1. The molecule has 4 rings (SSSR count). The third kappa shape index (κ3) is 1.61. The van der Waals surface area contributed by atoms with Crippen molar-refractivity contribution in [2.75, 3.05) is 0 Å². The highest BCUT2D eigenvalue weighted by Gasteiger charge is 2.20. The van der Waals surface area contributed by atoms with Crippen LogP contribution in [0.2, 0.25) is 0 Å². The van der Waals surface area contributed by atoms with Crippen molar-refractivity contribution in [3.05, 3.63) is 83.9 Å². The van der Waals surface area contributed by atoms with Gasteiger partial charge in [-0.3, -0.25) is 0 Å². The summed E-state index contributed by atoms with van der Waals surface area (Å²) in [6.07, 6.45) is 1.02. The van der Waals surface area contributed by atoms with E-state index in [0.717, 1.165) is 12.0 Å². The van der Waals surface area contributed by atoms with Gasteiger partial charge in [0, 0.05) is 0 Å². The quantitative estimate of drug-likeness (QED) is 0.458. The number of fused-ring (bicyclic) bond motifs is 3. The topological polar surface area (TPSA) is 0 Å². The smallest absolute Gasteiger partial charge is 0.000728 e. The van der Waals surface area contributed by atoms with E-state index in [2.05, 4.69) is 54.6 Å². The van der Waals surface area contributed by atoms with Gasteiger partial charge in [-0.1, -0.05) is 54.6 Å². The summed E-state index contributed by atoms with van der Waals surface area (Å²) in [4.78, 5) is 0. The Hall–Kier alpha value is -2.34. The molecule has 0 aromatic heterocycles. The lowest BCUT2D eigenvalue weighted by molar-refractivity contribution is 1.26. The van der Waals surface area contributed by atoms with Crippen molar-refractivity contribution >= 4 is 0 Å². The SMILES string of the molecule is [c]1cc[c]c(-c2cccc3c2Cc2ccccc2-3)c1. The summed E-state index contributed by atoms with van der Waals surface area (Å²) in [5.41, 5.74) is 7.99. The highest BCUT2D eigenvalue weighted by atomic mass is 14.2. The second-order valence-corrected chi connectivity index (χ2v) is 4.87. The number of benzene rings is 3. The molecule has 0 spiro atoms. The van der Waals surface area contributed by atoms with Crippen molar-refractivity contribution in [1.29, 1.82) is 0 Å². The van der Waals surface area contributed by atoms with Crippen LogP contribution < -0.4 is 0 Å². The highest BCUT2D eigenvalue weighted by molar-refractivity contribution is 5.84. The molecule has 3 aromatic carbocycles. The Morgan fingerprint density at radius 1 is 0.789 bits per heavy atom. The van der Waals surface area contributed by atoms with Gasteiger partial charge in [0.15, 0.2) is 0 Å². The van der Waals surface area contributed by atoms with Gasteiger partial charge in [-0.2, -0.15) is 0 Å². The fourth-order valence-electron chi connectivity index (χ4n) is 2.92. The number of hydrogen-bond donors (Lipinski definition) is 0. The summed E-state index contributed by atoms with van der Waals surface area (Å²) in [7, 11) is 0. The minimum atomic E-state index is 1.02. The predicted molar refractivity (Wildman–Crippen MR) is 77.8 cm³/mol. The Balaban J connectivity index is 1.95. The molecule has 19 heavy (non-hydrogen) atoms. The van der Waals surface area contributed by atoms with E-state index in [-0.39, 0.29) is 0 Å².